The molecule has 25 heavy (non-hydrogen) atoms. The number of hydrogen-bond acceptors (Lipinski definition) is 4. The quantitative estimate of drug-likeness (QED) is 0.805. The summed E-state index contributed by atoms with van der Waals surface area (Å²) >= 11 is 6.06. The molecule has 0 saturated heterocycles. The Labute approximate surface area is 150 Å². The standard InChI is InChI=1S/C19H16ClNO4/c1-23-19(22)21-15(5-3-13-10-14(20)4-6-16(13)21)8-12-2-7-17-18(9-12)25-11-24-17/h2-7,9-10,15H,8,11H2,1H3. The molecular formula is C19H16ClNO4. The molecule has 2 heterocycles. The van der Waals surface area contributed by atoms with Gasteiger partial charge in [-0.3, -0.25) is 4.90 Å². The third-order valence-electron chi connectivity index (χ3n) is 4.33. The van der Waals surface area contributed by atoms with Crippen molar-refractivity contribution in [1.82, 2.24) is 0 Å². The van der Waals surface area contributed by atoms with Crippen molar-refractivity contribution in [3.63, 3.8) is 0 Å². The number of benzene rings is 2. The van der Waals surface area contributed by atoms with Crippen molar-refractivity contribution in [2.75, 3.05) is 18.8 Å². The van der Waals surface area contributed by atoms with Crippen LogP contribution in [0, 0.1) is 0 Å². The molecule has 128 valence electrons. The molecule has 2 aromatic rings. The van der Waals surface area contributed by atoms with E-state index >= 15 is 0 Å². The van der Waals surface area contributed by atoms with Gasteiger partial charge in [-0.1, -0.05) is 29.8 Å². The fourth-order valence-electron chi connectivity index (χ4n) is 3.16. The van der Waals surface area contributed by atoms with E-state index in [0.717, 1.165) is 28.3 Å². The van der Waals surface area contributed by atoms with E-state index in [0.29, 0.717) is 11.4 Å². The number of carbonyl (C=O) groups excluding carboxylic acids is 1. The number of nitrogens with zero attached hydrogens (tertiary/aromatic N) is 1. The summed E-state index contributed by atoms with van der Waals surface area (Å²) in [4.78, 5) is 14.0. The van der Waals surface area contributed by atoms with Gasteiger partial charge in [-0.2, -0.15) is 0 Å². The first kappa shape index (κ1) is 15.8. The number of hydrogen-bond donors (Lipinski definition) is 0. The summed E-state index contributed by atoms with van der Waals surface area (Å²) in [5.41, 5.74) is 2.72. The molecule has 1 atom stereocenters. The highest BCUT2D eigenvalue weighted by Gasteiger charge is 2.29. The fourth-order valence-corrected chi connectivity index (χ4v) is 3.34. The van der Waals surface area contributed by atoms with Crippen LogP contribution in [0.2, 0.25) is 5.02 Å². The van der Waals surface area contributed by atoms with Gasteiger partial charge in [0, 0.05) is 5.02 Å². The van der Waals surface area contributed by atoms with E-state index in [1.54, 1.807) is 11.0 Å². The first-order chi connectivity index (χ1) is 12.2. The average molecular weight is 358 g/mol. The third kappa shape index (κ3) is 2.91. The molecular weight excluding hydrogens is 342 g/mol. The number of halogens is 1. The smallest absolute Gasteiger partial charge is 0.414 e. The van der Waals surface area contributed by atoms with E-state index in [-0.39, 0.29) is 12.8 Å². The molecule has 4 rings (SSSR count). The number of ether oxygens (including phenoxy) is 3. The Balaban J connectivity index is 1.66. The summed E-state index contributed by atoms with van der Waals surface area (Å²) in [6.07, 6.45) is 4.20. The van der Waals surface area contributed by atoms with Crippen LogP contribution in [0.15, 0.2) is 42.5 Å². The fraction of sp³-hybridized carbons (Fsp3) is 0.211. The number of rotatable bonds is 2. The number of carbonyl (C=O) groups is 1. The zero-order valence-electron chi connectivity index (χ0n) is 13.6. The molecule has 0 bridgehead atoms. The van der Waals surface area contributed by atoms with Gasteiger partial charge in [0.2, 0.25) is 6.79 Å². The predicted molar refractivity (Wildman–Crippen MR) is 95.4 cm³/mol. The second-order valence-corrected chi connectivity index (χ2v) is 6.30. The van der Waals surface area contributed by atoms with Crippen molar-refractivity contribution in [3.8, 4) is 11.5 Å². The lowest BCUT2D eigenvalue weighted by Crippen LogP contribution is -2.42. The van der Waals surface area contributed by atoms with E-state index in [1.807, 2.05) is 42.5 Å². The van der Waals surface area contributed by atoms with Crippen LogP contribution in [0.4, 0.5) is 10.5 Å². The van der Waals surface area contributed by atoms with Gasteiger partial charge < -0.3 is 14.2 Å². The van der Waals surface area contributed by atoms with Crippen molar-refractivity contribution < 1.29 is 19.0 Å². The van der Waals surface area contributed by atoms with Crippen LogP contribution in [0.25, 0.3) is 6.08 Å². The molecule has 0 spiro atoms. The first-order valence-electron chi connectivity index (χ1n) is 7.89. The maximum Gasteiger partial charge on any atom is 0.414 e. The second-order valence-electron chi connectivity index (χ2n) is 5.86. The van der Waals surface area contributed by atoms with E-state index in [9.17, 15) is 4.79 Å². The molecule has 0 fully saturated rings. The summed E-state index contributed by atoms with van der Waals surface area (Å²) < 4.78 is 15.8. The Bertz CT molecular complexity index is 864. The Morgan fingerprint density at radius 2 is 2.08 bits per heavy atom. The van der Waals surface area contributed by atoms with Crippen LogP contribution in [0.5, 0.6) is 11.5 Å². The maximum absolute atomic E-state index is 12.4. The molecule has 5 nitrogen and oxygen atoms in total. The Kier molecular flexibility index (Phi) is 4.01. The first-order valence-corrected chi connectivity index (χ1v) is 8.27. The summed E-state index contributed by atoms with van der Waals surface area (Å²) in [6, 6.07) is 11.1. The SMILES string of the molecule is COC(=O)N1c2ccc(Cl)cc2C=CC1Cc1ccc2c(c1)OCO2. The zero-order chi connectivity index (χ0) is 17.4. The van der Waals surface area contributed by atoms with Crippen LogP contribution in [-0.4, -0.2) is 26.0 Å². The lowest BCUT2D eigenvalue weighted by molar-refractivity contribution is 0.174. The molecule has 2 aromatic carbocycles. The summed E-state index contributed by atoms with van der Waals surface area (Å²) in [5.74, 6) is 1.47. The Hall–Kier alpha value is -2.66. The van der Waals surface area contributed by atoms with Crippen LogP contribution < -0.4 is 14.4 Å². The van der Waals surface area contributed by atoms with E-state index in [4.69, 9.17) is 25.8 Å². The van der Waals surface area contributed by atoms with Crippen LogP contribution in [0.1, 0.15) is 11.1 Å². The van der Waals surface area contributed by atoms with Crippen molar-refractivity contribution in [1.29, 1.82) is 0 Å². The van der Waals surface area contributed by atoms with Crippen molar-refractivity contribution >= 4 is 29.5 Å². The number of anilines is 1. The average Bonchev–Trinajstić information content (AvgIpc) is 3.08. The molecule has 0 N–H and O–H groups in total. The Morgan fingerprint density at radius 3 is 2.92 bits per heavy atom. The molecule has 2 aliphatic rings. The lowest BCUT2D eigenvalue weighted by atomic mass is 9.97. The minimum Gasteiger partial charge on any atom is -0.454 e. The van der Waals surface area contributed by atoms with Gasteiger partial charge in [0.1, 0.15) is 0 Å². The molecule has 1 unspecified atom stereocenters. The van der Waals surface area contributed by atoms with Gasteiger partial charge in [0.25, 0.3) is 0 Å². The van der Waals surface area contributed by atoms with Crippen molar-refractivity contribution in [2.24, 2.45) is 0 Å². The van der Waals surface area contributed by atoms with Crippen LogP contribution in [-0.2, 0) is 11.2 Å². The van der Waals surface area contributed by atoms with Crippen molar-refractivity contribution in [3.05, 3.63) is 58.6 Å². The van der Waals surface area contributed by atoms with Gasteiger partial charge in [0.05, 0.1) is 18.8 Å². The molecule has 0 saturated carbocycles. The topological polar surface area (TPSA) is 48.0 Å². The molecule has 0 radical (unpaired) electrons. The largest absolute Gasteiger partial charge is 0.454 e. The molecule has 1 amide bonds. The van der Waals surface area contributed by atoms with Gasteiger partial charge in [-0.15, -0.1) is 0 Å². The predicted octanol–water partition coefficient (Wildman–Crippen LogP) is 4.28. The monoisotopic (exact) mass is 357 g/mol. The van der Waals surface area contributed by atoms with E-state index in [2.05, 4.69) is 0 Å². The summed E-state index contributed by atoms with van der Waals surface area (Å²) in [5, 5.41) is 0.627. The highest BCUT2D eigenvalue weighted by molar-refractivity contribution is 6.30. The van der Waals surface area contributed by atoms with Gasteiger partial charge in [-0.25, -0.2) is 4.79 Å². The highest BCUT2D eigenvalue weighted by Crippen LogP contribution is 2.35. The minimum atomic E-state index is -0.404. The number of methoxy groups -OCH3 is 1. The Morgan fingerprint density at radius 1 is 1.24 bits per heavy atom. The number of fused-ring (bicyclic) bond motifs is 2. The molecule has 6 heteroatoms. The second kappa shape index (κ2) is 6.33. The summed E-state index contributed by atoms with van der Waals surface area (Å²) in [6.45, 7) is 0.241. The third-order valence-corrected chi connectivity index (χ3v) is 4.57. The molecule has 0 aromatic heterocycles. The molecule has 0 aliphatic carbocycles. The van der Waals surface area contributed by atoms with Gasteiger partial charge in [-0.05, 0) is 47.9 Å². The minimum absolute atomic E-state index is 0.165. The maximum atomic E-state index is 12.4. The molecule has 2 aliphatic heterocycles. The van der Waals surface area contributed by atoms with E-state index < -0.39 is 6.09 Å². The number of amides is 1. The van der Waals surface area contributed by atoms with Gasteiger partial charge in [0.15, 0.2) is 11.5 Å². The van der Waals surface area contributed by atoms with E-state index in [1.165, 1.54) is 7.11 Å². The lowest BCUT2D eigenvalue weighted by Gasteiger charge is -2.33. The van der Waals surface area contributed by atoms with Crippen LogP contribution in [0.3, 0.4) is 0 Å². The normalized spacial score (nSPS) is 17.4. The zero-order valence-corrected chi connectivity index (χ0v) is 14.3. The summed E-state index contributed by atoms with van der Waals surface area (Å²) in [7, 11) is 1.38. The highest BCUT2D eigenvalue weighted by atomic mass is 35.5. The van der Waals surface area contributed by atoms with Crippen LogP contribution >= 0.6 is 11.6 Å². The van der Waals surface area contributed by atoms with Crippen molar-refractivity contribution in [2.45, 2.75) is 12.5 Å². The van der Waals surface area contributed by atoms with Gasteiger partial charge >= 0.3 is 6.09 Å².